The summed E-state index contributed by atoms with van der Waals surface area (Å²) in [6.45, 7) is 7.46. The van der Waals surface area contributed by atoms with Gasteiger partial charge in [-0.05, 0) is 65.7 Å². The van der Waals surface area contributed by atoms with Crippen molar-refractivity contribution in [3.05, 3.63) is 83.4 Å². The molecule has 0 N–H and O–H groups in total. The van der Waals surface area contributed by atoms with Crippen molar-refractivity contribution in [1.29, 1.82) is 0 Å². The molecular weight excluding hydrogens is 492 g/mol. The van der Waals surface area contributed by atoms with E-state index in [1.54, 1.807) is 7.11 Å². The summed E-state index contributed by atoms with van der Waals surface area (Å²) in [7, 11) is 5.62. The Balaban J connectivity index is 1.62. The molecule has 0 heterocycles. The van der Waals surface area contributed by atoms with Crippen molar-refractivity contribution < 1.29 is 14.2 Å². The summed E-state index contributed by atoms with van der Waals surface area (Å²) in [6.07, 6.45) is -0.0945. The summed E-state index contributed by atoms with van der Waals surface area (Å²) in [5.41, 5.74) is 2.89. The number of rotatable bonds is 9. The van der Waals surface area contributed by atoms with Crippen LogP contribution in [-0.4, -0.2) is 45.6 Å². The summed E-state index contributed by atoms with van der Waals surface area (Å²) >= 11 is 12.0. The first-order valence-corrected chi connectivity index (χ1v) is 12.6. The van der Waals surface area contributed by atoms with Crippen LogP contribution in [0.3, 0.4) is 0 Å². The highest BCUT2D eigenvalue weighted by atomic mass is 35.5. The van der Waals surface area contributed by atoms with E-state index in [4.69, 9.17) is 38.0 Å². The molecule has 1 unspecified atom stereocenters. The summed E-state index contributed by atoms with van der Waals surface area (Å²) in [6, 6.07) is 23.6. The molecule has 0 fully saturated rings. The lowest BCUT2D eigenvalue weighted by atomic mass is 9.87. The van der Waals surface area contributed by atoms with Gasteiger partial charge in [0.15, 0.2) is 0 Å². The maximum atomic E-state index is 6.39. The SMILES string of the molecule is COC(COc1cccc(N(C)C(=S)Oc2ccc(Cl)c(C(C)(C)C)c2)c1)CN(C)c1ccccc1. The molecule has 36 heavy (non-hydrogen) atoms. The smallest absolute Gasteiger partial charge is 0.269 e. The Morgan fingerprint density at radius 2 is 1.61 bits per heavy atom. The van der Waals surface area contributed by atoms with Gasteiger partial charge in [-0.15, -0.1) is 0 Å². The van der Waals surface area contributed by atoms with Crippen molar-refractivity contribution in [2.75, 3.05) is 44.2 Å². The molecule has 0 saturated carbocycles. The number of hydrogen-bond acceptors (Lipinski definition) is 5. The average Bonchev–Trinajstić information content (AvgIpc) is 2.87. The molecule has 1 atom stereocenters. The van der Waals surface area contributed by atoms with E-state index in [9.17, 15) is 0 Å². The average molecular weight is 527 g/mol. The monoisotopic (exact) mass is 526 g/mol. The normalized spacial score (nSPS) is 12.1. The van der Waals surface area contributed by atoms with Gasteiger partial charge in [0.2, 0.25) is 0 Å². The fourth-order valence-electron chi connectivity index (χ4n) is 3.68. The highest BCUT2D eigenvalue weighted by molar-refractivity contribution is 7.80. The van der Waals surface area contributed by atoms with Crippen molar-refractivity contribution in [3.8, 4) is 11.5 Å². The van der Waals surface area contributed by atoms with E-state index in [-0.39, 0.29) is 11.5 Å². The Labute approximate surface area is 225 Å². The molecule has 0 spiro atoms. The number of para-hydroxylation sites is 1. The van der Waals surface area contributed by atoms with Crippen LogP contribution in [0.1, 0.15) is 26.3 Å². The van der Waals surface area contributed by atoms with E-state index >= 15 is 0 Å². The molecule has 0 aliphatic rings. The Kier molecular flexibility index (Phi) is 9.60. The first kappa shape index (κ1) is 27.8. The lowest BCUT2D eigenvalue weighted by molar-refractivity contribution is 0.0636. The highest BCUT2D eigenvalue weighted by Gasteiger charge is 2.19. The van der Waals surface area contributed by atoms with E-state index < -0.39 is 0 Å². The van der Waals surface area contributed by atoms with Crippen LogP contribution in [0.5, 0.6) is 11.5 Å². The minimum absolute atomic E-state index is 0.0945. The first-order chi connectivity index (χ1) is 17.1. The van der Waals surface area contributed by atoms with E-state index in [1.807, 2.05) is 79.7 Å². The summed E-state index contributed by atoms with van der Waals surface area (Å²) in [4.78, 5) is 3.96. The number of likely N-dealkylation sites (N-methyl/N-ethyl adjacent to an activating group) is 1. The van der Waals surface area contributed by atoms with Crippen LogP contribution in [0, 0.1) is 0 Å². The van der Waals surface area contributed by atoms with Gasteiger partial charge in [0.05, 0.1) is 0 Å². The third kappa shape index (κ3) is 7.60. The van der Waals surface area contributed by atoms with E-state index in [0.29, 0.717) is 29.1 Å². The zero-order valence-corrected chi connectivity index (χ0v) is 23.4. The summed E-state index contributed by atoms with van der Waals surface area (Å²) in [5.74, 6) is 1.38. The van der Waals surface area contributed by atoms with Gasteiger partial charge in [0, 0.05) is 50.2 Å². The van der Waals surface area contributed by atoms with E-state index in [1.165, 1.54) is 0 Å². The van der Waals surface area contributed by atoms with Crippen molar-refractivity contribution in [2.45, 2.75) is 32.3 Å². The third-order valence-corrected chi connectivity index (χ3v) is 6.56. The van der Waals surface area contributed by atoms with Gasteiger partial charge in [0.1, 0.15) is 24.2 Å². The molecule has 0 bridgehead atoms. The second-order valence-electron chi connectivity index (χ2n) is 9.70. The van der Waals surface area contributed by atoms with Crippen molar-refractivity contribution in [1.82, 2.24) is 0 Å². The summed E-state index contributed by atoms with van der Waals surface area (Å²) < 4.78 is 17.7. The fourth-order valence-corrected chi connectivity index (χ4v) is 4.28. The first-order valence-electron chi connectivity index (χ1n) is 11.9. The van der Waals surface area contributed by atoms with Crippen LogP contribution in [0.15, 0.2) is 72.8 Å². The lowest BCUT2D eigenvalue weighted by Crippen LogP contribution is -2.34. The molecular formula is C29H35ClN2O3S. The van der Waals surface area contributed by atoms with Crippen LogP contribution >= 0.6 is 23.8 Å². The van der Waals surface area contributed by atoms with Gasteiger partial charge in [-0.2, -0.15) is 0 Å². The Morgan fingerprint density at radius 1 is 0.917 bits per heavy atom. The molecule has 0 aliphatic carbocycles. The minimum Gasteiger partial charge on any atom is -0.491 e. The number of halogens is 1. The molecule has 0 saturated heterocycles. The number of nitrogens with zero attached hydrogens (tertiary/aromatic N) is 2. The molecule has 3 rings (SSSR count). The van der Waals surface area contributed by atoms with Gasteiger partial charge in [-0.3, -0.25) is 0 Å². The van der Waals surface area contributed by atoms with E-state index in [0.717, 1.165) is 22.7 Å². The van der Waals surface area contributed by atoms with Crippen molar-refractivity contribution in [2.24, 2.45) is 0 Å². The standard InChI is InChI=1S/C29H35ClN2O3S/c1-29(2,3)26-18-24(15-16-27(26)30)35-28(36)32(5)22-13-10-14-23(17-22)34-20-25(33-6)19-31(4)21-11-8-7-9-12-21/h7-18,25H,19-20H2,1-6H3. The molecule has 0 aromatic heterocycles. The van der Waals surface area contributed by atoms with Gasteiger partial charge >= 0.3 is 0 Å². The van der Waals surface area contributed by atoms with Crippen LogP contribution in [0.25, 0.3) is 0 Å². The molecule has 0 aliphatic heterocycles. The van der Waals surface area contributed by atoms with E-state index in [2.05, 4.69) is 37.8 Å². The molecule has 3 aromatic carbocycles. The molecule has 0 radical (unpaired) electrons. The van der Waals surface area contributed by atoms with Gasteiger partial charge in [0.25, 0.3) is 5.17 Å². The molecule has 0 amide bonds. The second-order valence-corrected chi connectivity index (χ2v) is 10.5. The minimum atomic E-state index is -0.106. The van der Waals surface area contributed by atoms with Crippen LogP contribution in [-0.2, 0) is 10.2 Å². The van der Waals surface area contributed by atoms with Gasteiger partial charge in [-0.1, -0.05) is 56.6 Å². The zero-order valence-electron chi connectivity index (χ0n) is 21.8. The number of thiocarbonyl (C=S) groups is 1. The number of ether oxygens (including phenoxy) is 3. The molecule has 3 aromatic rings. The predicted molar refractivity (Wildman–Crippen MR) is 154 cm³/mol. The number of benzene rings is 3. The van der Waals surface area contributed by atoms with Crippen molar-refractivity contribution in [3.63, 3.8) is 0 Å². The lowest BCUT2D eigenvalue weighted by Gasteiger charge is -2.25. The second kappa shape index (κ2) is 12.4. The number of hydrogen-bond donors (Lipinski definition) is 0. The molecule has 192 valence electrons. The van der Waals surface area contributed by atoms with Gasteiger partial charge < -0.3 is 24.0 Å². The van der Waals surface area contributed by atoms with Crippen LogP contribution < -0.4 is 19.3 Å². The zero-order chi connectivity index (χ0) is 26.3. The highest BCUT2D eigenvalue weighted by Crippen LogP contribution is 2.33. The quantitative estimate of drug-likeness (QED) is 0.280. The maximum absolute atomic E-state index is 6.39. The largest absolute Gasteiger partial charge is 0.491 e. The number of methoxy groups -OCH3 is 1. The molecule has 5 nitrogen and oxygen atoms in total. The predicted octanol–water partition coefficient (Wildman–Crippen LogP) is 6.97. The topological polar surface area (TPSA) is 34.2 Å². The fraction of sp³-hybridized carbons (Fsp3) is 0.345. The molecule has 7 heteroatoms. The number of anilines is 2. The van der Waals surface area contributed by atoms with Crippen LogP contribution in [0.2, 0.25) is 5.02 Å². The Bertz CT molecular complexity index is 1150. The Morgan fingerprint density at radius 3 is 2.28 bits per heavy atom. The van der Waals surface area contributed by atoms with Crippen LogP contribution in [0.4, 0.5) is 11.4 Å². The van der Waals surface area contributed by atoms with Crippen molar-refractivity contribution >= 4 is 40.4 Å². The Hall–Kier alpha value is -2.80. The third-order valence-electron chi connectivity index (χ3n) is 5.87. The van der Waals surface area contributed by atoms with Gasteiger partial charge in [-0.25, -0.2) is 0 Å². The maximum Gasteiger partial charge on any atom is 0.269 e. The summed E-state index contributed by atoms with van der Waals surface area (Å²) in [5, 5.41) is 1.04.